The molecule has 26 heavy (non-hydrogen) atoms. The maximum Gasteiger partial charge on any atom is 0.306 e. The molecule has 0 aromatic carbocycles. The van der Waals surface area contributed by atoms with Crippen LogP contribution in [0, 0.1) is 17.8 Å². The summed E-state index contributed by atoms with van der Waals surface area (Å²) in [4.78, 5) is 36.2. The molecule has 2 fully saturated rings. The van der Waals surface area contributed by atoms with Gasteiger partial charge in [-0.1, -0.05) is 18.0 Å². The van der Waals surface area contributed by atoms with E-state index in [1.165, 1.54) is 37.0 Å². The van der Waals surface area contributed by atoms with Crippen molar-refractivity contribution in [1.29, 1.82) is 0 Å². The van der Waals surface area contributed by atoms with Gasteiger partial charge in [0.15, 0.2) is 12.4 Å². The highest BCUT2D eigenvalue weighted by Gasteiger charge is 2.42. The van der Waals surface area contributed by atoms with E-state index in [4.69, 9.17) is 16.3 Å². The molecule has 1 amide bonds. The molecule has 3 rings (SSSR count). The van der Waals surface area contributed by atoms with E-state index >= 15 is 0 Å². The minimum Gasteiger partial charge on any atom is -0.456 e. The molecule has 7 heteroatoms. The van der Waals surface area contributed by atoms with Gasteiger partial charge in [0, 0.05) is 12.5 Å². The Labute approximate surface area is 162 Å². The second-order valence-corrected chi connectivity index (χ2v) is 9.10. The number of rotatable bonds is 8. The molecule has 5 nitrogen and oxygen atoms in total. The molecule has 4 atom stereocenters. The summed E-state index contributed by atoms with van der Waals surface area (Å²) in [6, 6.07) is 3.41. The first-order valence-electron chi connectivity index (χ1n) is 9.16. The molecule has 0 unspecified atom stereocenters. The lowest BCUT2D eigenvalue weighted by molar-refractivity contribution is -0.148. The number of hydrogen-bond acceptors (Lipinski definition) is 5. The number of esters is 1. The third-order valence-electron chi connectivity index (χ3n) is 5.59. The Morgan fingerprint density at radius 2 is 2.08 bits per heavy atom. The Kier molecular flexibility index (Phi) is 6.35. The lowest BCUT2D eigenvalue weighted by atomic mass is 9.84. The van der Waals surface area contributed by atoms with Crippen molar-refractivity contribution in [3.8, 4) is 0 Å². The Morgan fingerprint density at radius 3 is 2.69 bits per heavy atom. The summed E-state index contributed by atoms with van der Waals surface area (Å²) >= 11 is 6.98. The highest BCUT2D eigenvalue weighted by atomic mass is 35.5. The zero-order valence-corrected chi connectivity index (χ0v) is 16.4. The predicted octanol–water partition coefficient (Wildman–Crippen LogP) is 3.85. The van der Waals surface area contributed by atoms with Crippen molar-refractivity contribution in [3.63, 3.8) is 0 Å². The molecule has 0 radical (unpaired) electrons. The molecule has 1 heterocycles. The topological polar surface area (TPSA) is 72.5 Å². The average Bonchev–Trinajstić information content (AvgIpc) is 3.34. The van der Waals surface area contributed by atoms with Gasteiger partial charge in [-0.25, -0.2) is 0 Å². The van der Waals surface area contributed by atoms with Gasteiger partial charge in [0.1, 0.15) is 0 Å². The van der Waals surface area contributed by atoms with Crippen molar-refractivity contribution in [2.24, 2.45) is 17.8 Å². The fourth-order valence-corrected chi connectivity index (χ4v) is 5.34. The Hall–Kier alpha value is -1.40. The number of carbonyl (C=O) groups excluding carboxylic acids is 3. The normalized spacial score (nSPS) is 25.1. The van der Waals surface area contributed by atoms with E-state index in [0.717, 1.165) is 11.8 Å². The lowest BCUT2D eigenvalue weighted by Crippen LogP contribution is -2.42. The minimum absolute atomic E-state index is 0.0381. The van der Waals surface area contributed by atoms with Gasteiger partial charge < -0.3 is 10.1 Å². The second-order valence-electron chi connectivity index (χ2n) is 7.38. The van der Waals surface area contributed by atoms with Gasteiger partial charge in [-0.15, -0.1) is 11.3 Å². The third-order valence-corrected chi connectivity index (χ3v) is 6.86. The van der Waals surface area contributed by atoms with Crippen LogP contribution >= 0.6 is 22.9 Å². The van der Waals surface area contributed by atoms with Gasteiger partial charge in [0.2, 0.25) is 0 Å². The summed E-state index contributed by atoms with van der Waals surface area (Å²) in [5.74, 6) is 1.15. The highest BCUT2D eigenvalue weighted by molar-refractivity contribution is 7.18. The maximum atomic E-state index is 12.0. The summed E-state index contributed by atoms with van der Waals surface area (Å²) in [6.45, 7) is 1.75. The van der Waals surface area contributed by atoms with E-state index in [1.807, 2.05) is 6.92 Å². The molecule has 142 valence electrons. The second kappa shape index (κ2) is 8.53. The fourth-order valence-electron chi connectivity index (χ4n) is 4.33. The summed E-state index contributed by atoms with van der Waals surface area (Å²) in [5, 5.41) is 2.96. The summed E-state index contributed by atoms with van der Waals surface area (Å²) < 4.78 is 5.53. The van der Waals surface area contributed by atoms with Crippen molar-refractivity contribution in [3.05, 3.63) is 21.3 Å². The highest BCUT2D eigenvalue weighted by Crippen LogP contribution is 2.49. The number of ether oxygens (including phenoxy) is 1. The van der Waals surface area contributed by atoms with Gasteiger partial charge in [-0.05, 0) is 56.1 Å². The first-order chi connectivity index (χ1) is 12.4. The number of thiophene rings is 1. The molecule has 0 saturated heterocycles. The molecule has 2 aliphatic carbocycles. The van der Waals surface area contributed by atoms with E-state index in [9.17, 15) is 14.4 Å². The van der Waals surface area contributed by atoms with Crippen LogP contribution < -0.4 is 5.32 Å². The van der Waals surface area contributed by atoms with Crippen molar-refractivity contribution in [1.82, 2.24) is 5.32 Å². The van der Waals surface area contributed by atoms with E-state index in [-0.39, 0.29) is 37.2 Å². The van der Waals surface area contributed by atoms with Crippen LogP contribution in [0.1, 0.15) is 55.1 Å². The number of Topliss-reactive ketones (excluding diaryl/α,β-unsaturated/α-hetero) is 1. The Bertz CT molecular complexity index is 689. The van der Waals surface area contributed by atoms with E-state index in [2.05, 4.69) is 5.32 Å². The summed E-state index contributed by atoms with van der Waals surface area (Å²) in [5.41, 5.74) is 0. The molecular weight excluding hydrogens is 374 g/mol. The van der Waals surface area contributed by atoms with Crippen LogP contribution in [0.15, 0.2) is 12.1 Å². The molecular formula is C19H24ClNO4S. The summed E-state index contributed by atoms with van der Waals surface area (Å²) in [6.07, 6.45) is 5.11. The minimum atomic E-state index is -0.538. The Morgan fingerprint density at radius 1 is 1.27 bits per heavy atom. The number of carbonyl (C=O) groups is 3. The molecule has 2 bridgehead atoms. The number of fused-ring (bicyclic) bond motifs is 2. The maximum absolute atomic E-state index is 12.0. The van der Waals surface area contributed by atoms with E-state index in [1.54, 1.807) is 12.1 Å². The molecule has 1 aromatic heterocycles. The molecule has 1 aromatic rings. The van der Waals surface area contributed by atoms with Crippen molar-refractivity contribution in [2.75, 3.05) is 6.61 Å². The van der Waals surface area contributed by atoms with Crippen LogP contribution in [-0.2, 0) is 14.3 Å². The average molecular weight is 398 g/mol. The van der Waals surface area contributed by atoms with Crippen LogP contribution in [0.4, 0.5) is 0 Å². The van der Waals surface area contributed by atoms with Gasteiger partial charge >= 0.3 is 5.97 Å². The quantitative estimate of drug-likeness (QED) is 0.534. The monoisotopic (exact) mass is 397 g/mol. The van der Waals surface area contributed by atoms with Crippen LogP contribution in [0.25, 0.3) is 0 Å². The van der Waals surface area contributed by atoms with Gasteiger partial charge in [0.05, 0.1) is 15.6 Å². The standard InChI is InChI=1S/C19H24ClNO4S/c1-11(14-9-12-2-3-13(14)8-12)21-18(23)10-25-19(24)7-4-15(22)16-5-6-17(20)26-16/h5-6,11-14H,2-4,7-10H2,1H3,(H,21,23)/t11-,12-,13-,14-/m0/s1. The van der Waals surface area contributed by atoms with Gasteiger partial charge in [-0.2, -0.15) is 0 Å². The van der Waals surface area contributed by atoms with Crippen LogP contribution in [0.5, 0.6) is 0 Å². The predicted molar refractivity (Wildman–Crippen MR) is 100 cm³/mol. The van der Waals surface area contributed by atoms with Crippen LogP contribution in [0.3, 0.4) is 0 Å². The van der Waals surface area contributed by atoms with Gasteiger partial charge in [-0.3, -0.25) is 14.4 Å². The summed E-state index contributed by atoms with van der Waals surface area (Å²) in [7, 11) is 0. The van der Waals surface area contributed by atoms with Crippen molar-refractivity contribution in [2.45, 2.75) is 51.5 Å². The van der Waals surface area contributed by atoms with E-state index in [0.29, 0.717) is 15.1 Å². The SMILES string of the molecule is C[C@H](NC(=O)COC(=O)CCC(=O)c1ccc(Cl)s1)[C@@H]1C[C@H]2CC[C@H]1C2. The molecule has 0 aliphatic heterocycles. The number of hydrogen-bond donors (Lipinski definition) is 1. The van der Waals surface area contributed by atoms with Crippen molar-refractivity contribution < 1.29 is 19.1 Å². The number of ketones is 1. The van der Waals surface area contributed by atoms with E-state index < -0.39 is 5.97 Å². The number of nitrogens with one attached hydrogen (secondary N) is 1. The van der Waals surface area contributed by atoms with Crippen LogP contribution in [0.2, 0.25) is 4.34 Å². The van der Waals surface area contributed by atoms with Crippen molar-refractivity contribution >= 4 is 40.6 Å². The third kappa shape index (κ3) is 4.86. The first-order valence-corrected chi connectivity index (χ1v) is 10.4. The zero-order chi connectivity index (χ0) is 18.7. The number of amides is 1. The van der Waals surface area contributed by atoms with Crippen LogP contribution in [-0.4, -0.2) is 30.3 Å². The molecule has 2 saturated carbocycles. The smallest absolute Gasteiger partial charge is 0.306 e. The largest absolute Gasteiger partial charge is 0.456 e. The van der Waals surface area contributed by atoms with Gasteiger partial charge in [0.25, 0.3) is 5.91 Å². The first kappa shape index (κ1) is 19.4. The molecule has 1 N–H and O–H groups in total. The lowest BCUT2D eigenvalue weighted by Gasteiger charge is -2.28. The number of halogens is 1. The fraction of sp³-hybridized carbons (Fsp3) is 0.632. The molecule has 0 spiro atoms. The zero-order valence-electron chi connectivity index (χ0n) is 14.8. The molecule has 2 aliphatic rings. The Balaban J connectivity index is 1.33.